The van der Waals surface area contributed by atoms with Crippen molar-refractivity contribution >= 4 is 11.3 Å². The fourth-order valence-corrected chi connectivity index (χ4v) is 2.35. The van der Waals surface area contributed by atoms with Gasteiger partial charge in [0.25, 0.3) is 0 Å². The van der Waals surface area contributed by atoms with Gasteiger partial charge in [-0.3, -0.25) is 0 Å². The fourth-order valence-electron chi connectivity index (χ4n) is 1.64. The second kappa shape index (κ2) is 6.52. The molecule has 0 spiro atoms. The predicted octanol–water partition coefficient (Wildman–Crippen LogP) is 3.18. The van der Waals surface area contributed by atoms with Crippen molar-refractivity contribution in [2.24, 2.45) is 0 Å². The zero-order valence-corrected chi connectivity index (χ0v) is 11.5. The Morgan fingerprint density at radius 2 is 2.11 bits per heavy atom. The summed E-state index contributed by atoms with van der Waals surface area (Å²) in [6.45, 7) is 5.63. The Morgan fingerprint density at radius 3 is 2.78 bits per heavy atom. The molecule has 0 aliphatic heterocycles. The van der Waals surface area contributed by atoms with Crippen LogP contribution >= 0.6 is 11.3 Å². The number of nitrogens with one attached hydrogen (secondary N) is 1. The molecule has 0 aliphatic rings. The fraction of sp³-hybridized carbons (Fsp3) is 0.357. The van der Waals surface area contributed by atoms with Gasteiger partial charge in [-0.2, -0.15) is 0 Å². The third kappa shape index (κ3) is 3.82. The molecule has 1 atom stereocenters. The number of hydrogen-bond donors (Lipinski definition) is 1. The Balaban J connectivity index is 1.69. The van der Waals surface area contributed by atoms with E-state index in [1.165, 1.54) is 0 Å². The molecule has 1 unspecified atom stereocenters. The molecule has 0 radical (unpaired) electrons. The highest BCUT2D eigenvalue weighted by atomic mass is 32.1. The average molecular weight is 262 g/mol. The number of rotatable bonds is 6. The maximum atomic E-state index is 5.62. The largest absolute Gasteiger partial charge is 0.492 e. The molecule has 2 aromatic rings. The molecule has 0 saturated heterocycles. The zero-order valence-electron chi connectivity index (χ0n) is 10.7. The van der Waals surface area contributed by atoms with Gasteiger partial charge in [-0.1, -0.05) is 18.2 Å². The van der Waals surface area contributed by atoms with Crippen LogP contribution in [0.15, 0.2) is 35.7 Å². The van der Waals surface area contributed by atoms with Crippen LogP contribution in [0.2, 0.25) is 0 Å². The van der Waals surface area contributed by atoms with E-state index in [9.17, 15) is 0 Å². The molecule has 1 aromatic heterocycles. The van der Waals surface area contributed by atoms with Crippen LogP contribution in [0.25, 0.3) is 0 Å². The lowest BCUT2D eigenvalue weighted by atomic mass is 10.2. The van der Waals surface area contributed by atoms with Gasteiger partial charge >= 0.3 is 0 Å². The predicted molar refractivity (Wildman–Crippen MR) is 75.2 cm³/mol. The molecule has 0 amide bonds. The number of para-hydroxylation sites is 1. The van der Waals surface area contributed by atoms with Gasteiger partial charge in [0.1, 0.15) is 12.4 Å². The van der Waals surface area contributed by atoms with Crippen molar-refractivity contribution in [3.05, 3.63) is 46.4 Å². The summed E-state index contributed by atoms with van der Waals surface area (Å²) in [6.07, 6.45) is 0. The van der Waals surface area contributed by atoms with Crippen molar-refractivity contribution in [1.82, 2.24) is 10.3 Å². The summed E-state index contributed by atoms with van der Waals surface area (Å²) in [5.74, 6) is 0.913. The summed E-state index contributed by atoms with van der Waals surface area (Å²) in [5.41, 5.74) is 1.11. The summed E-state index contributed by atoms with van der Waals surface area (Å²) >= 11 is 1.69. The summed E-state index contributed by atoms with van der Waals surface area (Å²) in [4.78, 5) is 4.46. The molecular weight excluding hydrogens is 244 g/mol. The zero-order chi connectivity index (χ0) is 12.8. The molecule has 3 nitrogen and oxygen atoms in total. The van der Waals surface area contributed by atoms with E-state index in [4.69, 9.17) is 4.74 Å². The first-order chi connectivity index (χ1) is 8.75. The quantitative estimate of drug-likeness (QED) is 0.812. The van der Waals surface area contributed by atoms with Gasteiger partial charge < -0.3 is 10.1 Å². The summed E-state index contributed by atoms with van der Waals surface area (Å²) in [6, 6.07) is 10.1. The molecule has 1 N–H and O–H groups in total. The van der Waals surface area contributed by atoms with Gasteiger partial charge in [0.05, 0.1) is 10.7 Å². The van der Waals surface area contributed by atoms with E-state index in [0.29, 0.717) is 6.61 Å². The lowest BCUT2D eigenvalue weighted by Crippen LogP contribution is -2.24. The van der Waals surface area contributed by atoms with Gasteiger partial charge in [0.15, 0.2) is 0 Å². The highest BCUT2D eigenvalue weighted by molar-refractivity contribution is 7.09. The Labute approximate surface area is 112 Å². The van der Waals surface area contributed by atoms with E-state index in [1.807, 2.05) is 37.3 Å². The van der Waals surface area contributed by atoms with Gasteiger partial charge in [-0.05, 0) is 26.0 Å². The average Bonchev–Trinajstić information content (AvgIpc) is 2.82. The SMILES string of the molecule is Cc1nc(C(C)NCCOc2ccccc2)cs1. The molecule has 0 saturated carbocycles. The van der Waals surface area contributed by atoms with Crippen molar-refractivity contribution in [3.63, 3.8) is 0 Å². The van der Waals surface area contributed by atoms with Gasteiger partial charge in [0, 0.05) is 18.0 Å². The molecule has 18 heavy (non-hydrogen) atoms. The number of aryl methyl sites for hydroxylation is 1. The van der Waals surface area contributed by atoms with Crippen LogP contribution in [0.1, 0.15) is 23.7 Å². The second-order valence-electron chi connectivity index (χ2n) is 4.13. The number of ether oxygens (including phenoxy) is 1. The van der Waals surface area contributed by atoms with Crippen molar-refractivity contribution in [3.8, 4) is 5.75 Å². The lowest BCUT2D eigenvalue weighted by Gasteiger charge is -2.12. The monoisotopic (exact) mass is 262 g/mol. The first-order valence-corrected chi connectivity index (χ1v) is 6.97. The lowest BCUT2D eigenvalue weighted by molar-refractivity contribution is 0.307. The third-order valence-electron chi connectivity index (χ3n) is 2.64. The van der Waals surface area contributed by atoms with Crippen LogP contribution < -0.4 is 10.1 Å². The minimum absolute atomic E-state index is 0.273. The van der Waals surface area contributed by atoms with Crippen molar-refractivity contribution < 1.29 is 4.74 Å². The topological polar surface area (TPSA) is 34.2 Å². The summed E-state index contributed by atoms with van der Waals surface area (Å²) in [7, 11) is 0. The Kier molecular flexibility index (Phi) is 4.73. The van der Waals surface area contributed by atoms with Gasteiger partial charge in [-0.15, -0.1) is 11.3 Å². The Hall–Kier alpha value is -1.39. The molecule has 2 rings (SSSR count). The molecule has 1 aromatic carbocycles. The van der Waals surface area contributed by atoms with E-state index in [2.05, 4.69) is 22.6 Å². The molecule has 0 fully saturated rings. The van der Waals surface area contributed by atoms with E-state index in [1.54, 1.807) is 11.3 Å². The summed E-state index contributed by atoms with van der Waals surface area (Å²) < 4.78 is 5.62. The van der Waals surface area contributed by atoms with Gasteiger partial charge in [0.2, 0.25) is 0 Å². The highest BCUT2D eigenvalue weighted by Crippen LogP contribution is 2.15. The number of aromatic nitrogens is 1. The van der Waals surface area contributed by atoms with Crippen molar-refractivity contribution in [2.45, 2.75) is 19.9 Å². The Morgan fingerprint density at radius 1 is 1.33 bits per heavy atom. The molecule has 4 heteroatoms. The van der Waals surface area contributed by atoms with Crippen LogP contribution in [-0.4, -0.2) is 18.1 Å². The van der Waals surface area contributed by atoms with Crippen molar-refractivity contribution in [1.29, 1.82) is 0 Å². The second-order valence-corrected chi connectivity index (χ2v) is 5.19. The van der Waals surface area contributed by atoms with Crippen molar-refractivity contribution in [2.75, 3.05) is 13.2 Å². The van der Waals surface area contributed by atoms with Crippen LogP contribution in [0.4, 0.5) is 0 Å². The maximum Gasteiger partial charge on any atom is 0.119 e. The summed E-state index contributed by atoms with van der Waals surface area (Å²) in [5, 5.41) is 6.61. The number of benzene rings is 1. The molecule has 96 valence electrons. The molecular formula is C14H18N2OS. The van der Waals surface area contributed by atoms with Crippen LogP contribution in [0, 0.1) is 6.92 Å². The van der Waals surface area contributed by atoms with E-state index < -0.39 is 0 Å². The normalized spacial score (nSPS) is 12.3. The van der Waals surface area contributed by atoms with E-state index >= 15 is 0 Å². The minimum Gasteiger partial charge on any atom is -0.492 e. The van der Waals surface area contributed by atoms with Crippen LogP contribution in [0.3, 0.4) is 0 Å². The first-order valence-electron chi connectivity index (χ1n) is 6.09. The van der Waals surface area contributed by atoms with Crippen LogP contribution in [-0.2, 0) is 0 Å². The standard InChI is InChI=1S/C14H18N2OS/c1-11(14-10-18-12(2)16-14)15-8-9-17-13-6-4-3-5-7-13/h3-7,10-11,15H,8-9H2,1-2H3. The molecule has 1 heterocycles. The van der Waals surface area contributed by atoms with Gasteiger partial charge in [-0.25, -0.2) is 4.98 Å². The smallest absolute Gasteiger partial charge is 0.119 e. The van der Waals surface area contributed by atoms with E-state index in [-0.39, 0.29) is 6.04 Å². The minimum atomic E-state index is 0.273. The Bertz CT molecular complexity index is 470. The number of nitrogens with zero attached hydrogens (tertiary/aromatic N) is 1. The maximum absolute atomic E-state index is 5.62. The number of thiazole rings is 1. The van der Waals surface area contributed by atoms with E-state index in [0.717, 1.165) is 23.0 Å². The number of hydrogen-bond acceptors (Lipinski definition) is 4. The third-order valence-corrected chi connectivity index (χ3v) is 3.44. The molecule has 0 aliphatic carbocycles. The molecule has 0 bridgehead atoms. The highest BCUT2D eigenvalue weighted by Gasteiger charge is 2.07. The first kappa shape index (κ1) is 13.1. The van der Waals surface area contributed by atoms with Crippen LogP contribution in [0.5, 0.6) is 5.75 Å².